The lowest BCUT2D eigenvalue weighted by atomic mass is 9.42. The molecule has 4 saturated carbocycles. The van der Waals surface area contributed by atoms with E-state index in [4.69, 9.17) is 10.5 Å². The molecule has 5 N–H and O–H groups in total. The van der Waals surface area contributed by atoms with Crippen molar-refractivity contribution in [1.29, 1.82) is 0 Å². The number of ether oxygens (including phenoxy) is 1. The minimum Gasteiger partial charge on any atom is -0.481 e. The molecule has 0 aliphatic heterocycles. The van der Waals surface area contributed by atoms with Crippen molar-refractivity contribution in [3.05, 3.63) is 0 Å². The fourth-order valence-corrected chi connectivity index (χ4v) is 9.80. The second-order valence-electron chi connectivity index (χ2n) is 15.3. The average Bonchev–Trinajstić information content (AvgIpc) is 3.13. The summed E-state index contributed by atoms with van der Waals surface area (Å²) < 4.78 is 5.89. The first-order chi connectivity index (χ1) is 18.7. The van der Waals surface area contributed by atoms with Crippen LogP contribution in [0.4, 0.5) is 4.79 Å². The molecular weight excluding hydrogens is 506 g/mol. The van der Waals surface area contributed by atoms with Crippen LogP contribution in [-0.4, -0.2) is 71.1 Å². The van der Waals surface area contributed by atoms with E-state index in [1.807, 2.05) is 0 Å². The number of nitrogens with two attached hydrogens (primary N) is 1. The lowest BCUT2D eigenvalue weighted by Gasteiger charge is -2.64. The standard InChI is InChI=1S/C32H57N3O5/c1-20(2)17-35(18-21(3)4)19-23(36)16-34-29(39)40-24-9-12-30(5)22(15-24)7-8-26-25(30)10-13-31(6)27(28(37)38)11-14-32(26,31)33/h20-27,36H,7-19,33H2,1-6H3,(H,34,39)(H,37,38)/t22?,23?,24?,25-,26-,27?,30+,31-,32-/m1/s1. The van der Waals surface area contributed by atoms with E-state index in [9.17, 15) is 19.8 Å². The van der Waals surface area contributed by atoms with Gasteiger partial charge in [-0.05, 0) is 98.2 Å². The first-order valence-electron chi connectivity index (χ1n) is 16.1. The third kappa shape index (κ3) is 6.05. The van der Waals surface area contributed by atoms with Gasteiger partial charge in [0.05, 0.1) is 12.0 Å². The molecule has 0 aromatic heterocycles. The summed E-state index contributed by atoms with van der Waals surface area (Å²) in [4.78, 5) is 27.0. The maximum absolute atomic E-state index is 12.7. The molecule has 4 unspecified atom stereocenters. The number of carboxylic acids is 1. The minimum absolute atomic E-state index is 0.103. The molecule has 0 radical (unpaired) electrons. The van der Waals surface area contributed by atoms with Crippen molar-refractivity contribution < 1.29 is 24.5 Å². The van der Waals surface area contributed by atoms with Crippen LogP contribution in [0.5, 0.6) is 0 Å². The number of hydrogen-bond acceptors (Lipinski definition) is 6. The van der Waals surface area contributed by atoms with Gasteiger partial charge in [-0.25, -0.2) is 4.79 Å². The van der Waals surface area contributed by atoms with Crippen molar-refractivity contribution in [2.75, 3.05) is 26.2 Å². The molecule has 1 amide bonds. The zero-order valence-corrected chi connectivity index (χ0v) is 26.0. The van der Waals surface area contributed by atoms with Crippen LogP contribution in [0, 0.1) is 46.3 Å². The molecule has 8 nitrogen and oxygen atoms in total. The van der Waals surface area contributed by atoms with Gasteiger partial charge in [-0.2, -0.15) is 0 Å². The van der Waals surface area contributed by atoms with Crippen molar-refractivity contribution in [1.82, 2.24) is 10.2 Å². The number of rotatable bonds is 10. The molecule has 0 spiro atoms. The number of aliphatic hydroxyl groups is 1. The van der Waals surface area contributed by atoms with Crippen molar-refractivity contribution in [3.63, 3.8) is 0 Å². The minimum atomic E-state index is -0.680. The average molecular weight is 564 g/mol. The lowest BCUT2D eigenvalue weighted by Crippen LogP contribution is -2.66. The molecule has 0 aromatic rings. The Balaban J connectivity index is 1.29. The number of amides is 1. The number of aliphatic carboxylic acids is 1. The maximum Gasteiger partial charge on any atom is 0.407 e. The summed E-state index contributed by atoms with van der Waals surface area (Å²) in [6.07, 6.45) is 7.10. The maximum atomic E-state index is 12.7. The van der Waals surface area contributed by atoms with Crippen LogP contribution >= 0.6 is 0 Å². The van der Waals surface area contributed by atoms with Crippen LogP contribution in [-0.2, 0) is 9.53 Å². The third-order valence-corrected chi connectivity index (χ3v) is 11.7. The zero-order valence-electron chi connectivity index (χ0n) is 26.0. The lowest BCUT2D eigenvalue weighted by molar-refractivity contribution is -0.157. The Kier molecular flexibility index (Phi) is 9.53. The van der Waals surface area contributed by atoms with Gasteiger partial charge in [-0.15, -0.1) is 0 Å². The van der Waals surface area contributed by atoms with Crippen molar-refractivity contribution in [2.45, 2.75) is 117 Å². The molecule has 0 aromatic carbocycles. The van der Waals surface area contributed by atoms with Crippen molar-refractivity contribution in [3.8, 4) is 0 Å². The number of aliphatic hydroxyl groups excluding tert-OH is 1. The van der Waals surface area contributed by atoms with Crippen molar-refractivity contribution in [2.24, 2.45) is 52.1 Å². The molecular formula is C32H57N3O5. The highest BCUT2D eigenvalue weighted by molar-refractivity contribution is 5.72. The van der Waals surface area contributed by atoms with Crippen LogP contribution in [0.1, 0.15) is 99.3 Å². The Morgan fingerprint density at radius 3 is 2.25 bits per heavy atom. The molecule has 0 heterocycles. The highest BCUT2D eigenvalue weighted by atomic mass is 16.6. The van der Waals surface area contributed by atoms with E-state index in [1.54, 1.807) is 0 Å². The van der Waals surface area contributed by atoms with E-state index in [0.29, 0.717) is 42.6 Å². The first kappa shape index (κ1) is 31.6. The molecule has 9 atom stereocenters. The van der Waals surface area contributed by atoms with Gasteiger partial charge in [0, 0.05) is 31.7 Å². The van der Waals surface area contributed by atoms with E-state index in [0.717, 1.165) is 64.5 Å². The molecule has 4 aliphatic rings. The van der Waals surface area contributed by atoms with E-state index < -0.39 is 23.7 Å². The Bertz CT molecular complexity index is 903. The van der Waals surface area contributed by atoms with Gasteiger partial charge >= 0.3 is 12.1 Å². The van der Waals surface area contributed by atoms with Gasteiger partial charge < -0.3 is 30.9 Å². The number of carboxylic acid groups (broad SMARTS) is 1. The fourth-order valence-electron chi connectivity index (χ4n) is 9.80. The highest BCUT2D eigenvalue weighted by Crippen LogP contribution is 2.68. The van der Waals surface area contributed by atoms with E-state index >= 15 is 0 Å². The second kappa shape index (κ2) is 12.1. The van der Waals surface area contributed by atoms with E-state index in [1.165, 1.54) is 0 Å². The second-order valence-corrected chi connectivity index (χ2v) is 15.3. The summed E-state index contributed by atoms with van der Waals surface area (Å²) in [6.45, 7) is 15.9. The highest BCUT2D eigenvalue weighted by Gasteiger charge is 2.67. The van der Waals surface area contributed by atoms with E-state index in [2.05, 4.69) is 51.8 Å². The molecule has 0 bridgehead atoms. The predicted octanol–water partition coefficient (Wildman–Crippen LogP) is 4.88. The number of hydrogen-bond donors (Lipinski definition) is 4. The molecule has 4 fully saturated rings. The Hall–Kier alpha value is -1.38. The molecule has 4 aliphatic carbocycles. The normalized spacial score (nSPS) is 39.9. The largest absolute Gasteiger partial charge is 0.481 e. The number of carbonyl (C=O) groups excluding carboxylic acids is 1. The number of fused-ring (bicyclic) bond motifs is 5. The van der Waals surface area contributed by atoms with Gasteiger partial charge in [0.1, 0.15) is 6.10 Å². The van der Waals surface area contributed by atoms with Crippen LogP contribution in [0.15, 0.2) is 0 Å². The molecule has 0 saturated heterocycles. The summed E-state index contributed by atoms with van der Waals surface area (Å²) in [5.41, 5.74) is 6.65. The van der Waals surface area contributed by atoms with Gasteiger partial charge in [-0.3, -0.25) is 4.79 Å². The zero-order chi connectivity index (χ0) is 29.5. The van der Waals surface area contributed by atoms with Crippen LogP contribution in [0.25, 0.3) is 0 Å². The van der Waals surface area contributed by atoms with Crippen LogP contribution in [0.2, 0.25) is 0 Å². The van der Waals surface area contributed by atoms with E-state index in [-0.39, 0.29) is 29.4 Å². The summed E-state index contributed by atoms with van der Waals surface area (Å²) >= 11 is 0. The SMILES string of the molecule is CC(C)CN(CC(C)C)CC(O)CNC(=O)OC1CC[C@@]2(C)C(CC[C@@H]3[C@H]2CC[C@]2(C)C(C(=O)O)CC[C@@]32N)C1. The summed E-state index contributed by atoms with van der Waals surface area (Å²) in [5, 5.41) is 23.3. The number of nitrogens with one attached hydrogen (secondary N) is 1. The summed E-state index contributed by atoms with van der Waals surface area (Å²) in [5.74, 6) is 1.37. The Labute approximate surface area is 242 Å². The van der Waals surface area contributed by atoms with Crippen LogP contribution < -0.4 is 11.1 Å². The summed E-state index contributed by atoms with van der Waals surface area (Å²) in [7, 11) is 0. The predicted molar refractivity (Wildman–Crippen MR) is 157 cm³/mol. The number of nitrogens with zero attached hydrogens (tertiary/aromatic N) is 1. The van der Waals surface area contributed by atoms with Gasteiger partial charge in [0.25, 0.3) is 0 Å². The molecule has 230 valence electrons. The topological polar surface area (TPSA) is 125 Å². The van der Waals surface area contributed by atoms with Crippen LogP contribution in [0.3, 0.4) is 0 Å². The molecule has 4 rings (SSSR count). The molecule has 8 heteroatoms. The molecule has 40 heavy (non-hydrogen) atoms. The third-order valence-electron chi connectivity index (χ3n) is 11.7. The first-order valence-corrected chi connectivity index (χ1v) is 16.1. The Morgan fingerprint density at radius 1 is 0.950 bits per heavy atom. The smallest absolute Gasteiger partial charge is 0.407 e. The monoisotopic (exact) mass is 563 g/mol. The van der Waals surface area contributed by atoms with Crippen molar-refractivity contribution >= 4 is 12.1 Å². The number of carbonyl (C=O) groups is 2. The Morgan fingerprint density at radius 2 is 1.62 bits per heavy atom. The number of alkyl carbamates (subject to hydrolysis) is 1. The quantitative estimate of drug-likeness (QED) is 0.298. The van der Waals surface area contributed by atoms with Gasteiger partial charge in [-0.1, -0.05) is 41.5 Å². The summed E-state index contributed by atoms with van der Waals surface area (Å²) in [6, 6.07) is 0. The van der Waals surface area contributed by atoms with Gasteiger partial charge in [0.15, 0.2) is 0 Å². The van der Waals surface area contributed by atoms with Gasteiger partial charge in [0.2, 0.25) is 0 Å². The fraction of sp³-hybridized carbons (Fsp3) is 0.938.